The third-order valence-electron chi connectivity index (χ3n) is 3.88. The fraction of sp³-hybridized carbons (Fsp3) is 0.235. The van der Waals surface area contributed by atoms with Crippen molar-refractivity contribution in [1.82, 2.24) is 0 Å². The van der Waals surface area contributed by atoms with Crippen LogP contribution in [0.25, 0.3) is 0 Å². The van der Waals surface area contributed by atoms with Gasteiger partial charge in [0.15, 0.2) is 6.10 Å². The summed E-state index contributed by atoms with van der Waals surface area (Å²) >= 11 is 0. The van der Waals surface area contributed by atoms with Gasteiger partial charge >= 0.3 is 0 Å². The first kappa shape index (κ1) is 15.9. The van der Waals surface area contributed by atoms with E-state index in [4.69, 9.17) is 4.74 Å². The van der Waals surface area contributed by atoms with Crippen LogP contribution in [0.1, 0.15) is 18.9 Å². The highest BCUT2D eigenvalue weighted by molar-refractivity contribution is 6.00. The van der Waals surface area contributed by atoms with E-state index in [1.54, 1.807) is 12.1 Å². The minimum Gasteiger partial charge on any atom is -0.478 e. The van der Waals surface area contributed by atoms with E-state index in [9.17, 15) is 19.3 Å². The molecule has 0 unspecified atom stereocenters. The number of ether oxygens (including phenoxy) is 1. The van der Waals surface area contributed by atoms with Crippen molar-refractivity contribution in [2.24, 2.45) is 0 Å². The summed E-state index contributed by atoms with van der Waals surface area (Å²) in [4.78, 5) is 24.6. The third-order valence-corrected chi connectivity index (χ3v) is 3.88. The number of amides is 1. The molecule has 0 bridgehead atoms. The molecular formula is C17H15FN2O4. The van der Waals surface area contributed by atoms with Gasteiger partial charge in [-0.3, -0.25) is 14.9 Å². The predicted molar refractivity (Wildman–Crippen MR) is 85.4 cm³/mol. The highest BCUT2D eigenvalue weighted by Gasteiger charge is 2.34. The molecule has 0 aliphatic carbocycles. The molecule has 1 aliphatic heterocycles. The molecule has 1 aliphatic rings. The molecule has 2 aromatic rings. The van der Waals surface area contributed by atoms with Gasteiger partial charge < -0.3 is 9.64 Å². The average Bonchev–Trinajstić information content (AvgIpc) is 2.58. The Labute approximate surface area is 137 Å². The fourth-order valence-corrected chi connectivity index (χ4v) is 2.62. The average molecular weight is 330 g/mol. The van der Waals surface area contributed by atoms with Crippen molar-refractivity contribution in [1.29, 1.82) is 0 Å². The number of carbonyl (C=O) groups excluding carboxylic acids is 1. The summed E-state index contributed by atoms with van der Waals surface area (Å²) in [7, 11) is 0. The number of rotatable bonds is 4. The summed E-state index contributed by atoms with van der Waals surface area (Å²) in [6.07, 6.45) is -0.158. The van der Waals surface area contributed by atoms with E-state index in [2.05, 4.69) is 0 Å². The van der Waals surface area contributed by atoms with Gasteiger partial charge in [0.25, 0.3) is 11.6 Å². The number of nitro benzene ring substituents is 1. The Balaban J connectivity index is 2.02. The molecule has 0 saturated carbocycles. The monoisotopic (exact) mass is 330 g/mol. The molecule has 1 atom stereocenters. The lowest BCUT2D eigenvalue weighted by atomic mass is 10.1. The van der Waals surface area contributed by atoms with Crippen LogP contribution >= 0.6 is 0 Å². The molecule has 2 aromatic carbocycles. The molecule has 124 valence electrons. The topological polar surface area (TPSA) is 72.7 Å². The molecular weight excluding hydrogens is 315 g/mol. The van der Waals surface area contributed by atoms with E-state index in [0.717, 1.165) is 5.56 Å². The Bertz CT molecular complexity index is 792. The smallest absolute Gasteiger partial charge is 0.271 e. The van der Waals surface area contributed by atoms with Crippen LogP contribution < -0.4 is 9.64 Å². The maximum Gasteiger partial charge on any atom is 0.271 e. The van der Waals surface area contributed by atoms with E-state index in [-0.39, 0.29) is 24.0 Å². The van der Waals surface area contributed by atoms with Crippen LogP contribution in [0.4, 0.5) is 15.8 Å². The van der Waals surface area contributed by atoms with Gasteiger partial charge in [-0.2, -0.15) is 0 Å². The predicted octanol–water partition coefficient (Wildman–Crippen LogP) is 3.44. The van der Waals surface area contributed by atoms with Gasteiger partial charge in [-0.15, -0.1) is 0 Å². The standard InChI is InChI=1S/C17H15FN2O4/c1-2-15-17(21)19(10-11-3-5-12(18)6-4-11)14-9-13(20(22)23)7-8-16(14)24-15/h3-9,15H,2,10H2,1H3/t15-/m1/s1. The van der Waals surface area contributed by atoms with Gasteiger partial charge in [-0.1, -0.05) is 19.1 Å². The van der Waals surface area contributed by atoms with Crippen LogP contribution in [-0.4, -0.2) is 16.9 Å². The molecule has 0 aromatic heterocycles. The Morgan fingerprint density at radius 1 is 1.25 bits per heavy atom. The Hall–Kier alpha value is -2.96. The van der Waals surface area contributed by atoms with Gasteiger partial charge in [-0.05, 0) is 30.2 Å². The molecule has 24 heavy (non-hydrogen) atoms. The zero-order chi connectivity index (χ0) is 17.3. The Morgan fingerprint density at radius 2 is 1.96 bits per heavy atom. The number of nitro groups is 1. The maximum absolute atomic E-state index is 13.1. The van der Waals surface area contributed by atoms with Gasteiger partial charge in [0.05, 0.1) is 17.2 Å². The summed E-state index contributed by atoms with van der Waals surface area (Å²) in [6, 6.07) is 9.95. The van der Waals surface area contributed by atoms with Crippen molar-refractivity contribution in [3.8, 4) is 5.75 Å². The van der Waals surface area contributed by atoms with Crippen LogP contribution in [0.5, 0.6) is 5.75 Å². The molecule has 0 radical (unpaired) electrons. The van der Waals surface area contributed by atoms with Gasteiger partial charge in [0.1, 0.15) is 11.6 Å². The second kappa shape index (κ2) is 6.27. The number of hydrogen-bond donors (Lipinski definition) is 0. The SMILES string of the molecule is CC[C@H]1Oc2ccc([N+](=O)[O-])cc2N(Cc2ccc(F)cc2)C1=O. The minimum atomic E-state index is -0.639. The number of nitrogens with zero attached hydrogens (tertiary/aromatic N) is 2. The van der Waals surface area contributed by atoms with E-state index in [0.29, 0.717) is 17.9 Å². The molecule has 7 heteroatoms. The molecule has 0 spiro atoms. The van der Waals surface area contributed by atoms with E-state index < -0.39 is 11.0 Å². The summed E-state index contributed by atoms with van der Waals surface area (Å²) in [5.74, 6) is -0.210. The molecule has 0 fully saturated rings. The lowest BCUT2D eigenvalue weighted by Crippen LogP contribution is -2.45. The number of hydrogen-bond acceptors (Lipinski definition) is 4. The number of anilines is 1. The van der Waals surface area contributed by atoms with E-state index in [1.807, 2.05) is 6.92 Å². The van der Waals surface area contributed by atoms with Gasteiger partial charge in [0.2, 0.25) is 0 Å². The second-order valence-electron chi connectivity index (χ2n) is 5.47. The summed E-state index contributed by atoms with van der Waals surface area (Å²) in [5, 5.41) is 11.0. The molecule has 1 amide bonds. The van der Waals surface area contributed by atoms with Crippen molar-refractivity contribution in [3.63, 3.8) is 0 Å². The molecule has 6 nitrogen and oxygen atoms in total. The van der Waals surface area contributed by atoms with Gasteiger partial charge in [0, 0.05) is 12.1 Å². The van der Waals surface area contributed by atoms with Crippen molar-refractivity contribution < 1.29 is 18.8 Å². The van der Waals surface area contributed by atoms with Crippen molar-refractivity contribution in [2.75, 3.05) is 4.90 Å². The van der Waals surface area contributed by atoms with Crippen LogP contribution in [0.15, 0.2) is 42.5 Å². The van der Waals surface area contributed by atoms with E-state index >= 15 is 0 Å². The lowest BCUT2D eigenvalue weighted by Gasteiger charge is -2.34. The molecule has 0 saturated heterocycles. The molecule has 3 rings (SSSR count). The second-order valence-corrected chi connectivity index (χ2v) is 5.47. The van der Waals surface area contributed by atoms with E-state index in [1.165, 1.54) is 35.2 Å². The minimum absolute atomic E-state index is 0.121. The first-order valence-corrected chi connectivity index (χ1v) is 7.50. The number of carbonyl (C=O) groups is 1. The van der Waals surface area contributed by atoms with Gasteiger partial charge in [-0.25, -0.2) is 4.39 Å². The molecule has 0 N–H and O–H groups in total. The number of benzene rings is 2. The summed E-state index contributed by atoms with van der Waals surface area (Å²) in [5.41, 5.74) is 0.950. The Morgan fingerprint density at radius 3 is 2.58 bits per heavy atom. The molecule has 1 heterocycles. The number of halogens is 1. The quantitative estimate of drug-likeness (QED) is 0.636. The first-order valence-electron chi connectivity index (χ1n) is 7.50. The van der Waals surface area contributed by atoms with Crippen molar-refractivity contribution in [2.45, 2.75) is 26.0 Å². The zero-order valence-electron chi connectivity index (χ0n) is 12.9. The largest absolute Gasteiger partial charge is 0.478 e. The maximum atomic E-state index is 13.1. The van der Waals surface area contributed by atoms with Crippen LogP contribution in [0.2, 0.25) is 0 Å². The number of non-ortho nitro benzene ring substituents is 1. The highest BCUT2D eigenvalue weighted by atomic mass is 19.1. The van der Waals surface area contributed by atoms with Crippen molar-refractivity contribution in [3.05, 3.63) is 64.0 Å². The number of fused-ring (bicyclic) bond motifs is 1. The first-order chi connectivity index (χ1) is 11.5. The summed E-state index contributed by atoms with van der Waals surface area (Å²) < 4.78 is 18.7. The van der Waals surface area contributed by atoms with Crippen LogP contribution in [0, 0.1) is 15.9 Å². The lowest BCUT2D eigenvalue weighted by molar-refractivity contribution is -0.384. The fourth-order valence-electron chi connectivity index (χ4n) is 2.62. The van der Waals surface area contributed by atoms with Crippen molar-refractivity contribution >= 4 is 17.3 Å². The highest BCUT2D eigenvalue weighted by Crippen LogP contribution is 2.38. The van der Waals surface area contributed by atoms with Crippen LogP contribution in [-0.2, 0) is 11.3 Å². The third kappa shape index (κ3) is 2.92. The Kier molecular flexibility index (Phi) is 4.16. The van der Waals surface area contributed by atoms with Crippen LogP contribution in [0.3, 0.4) is 0 Å². The zero-order valence-corrected chi connectivity index (χ0v) is 12.9. The normalized spacial score (nSPS) is 16.5. The summed E-state index contributed by atoms with van der Waals surface area (Å²) in [6.45, 7) is 2.02.